The molecule has 3 heteroatoms. The molecular weight excluding hydrogens is 298 g/mol. The molecule has 0 bridgehead atoms. The molecule has 24 heavy (non-hydrogen) atoms. The van der Waals surface area contributed by atoms with Crippen LogP contribution in [-0.4, -0.2) is 12.6 Å². The van der Waals surface area contributed by atoms with E-state index in [9.17, 15) is 4.79 Å². The van der Waals surface area contributed by atoms with Crippen molar-refractivity contribution in [1.82, 2.24) is 5.32 Å². The number of nitrogens with one attached hydrogen (secondary N) is 1. The zero-order chi connectivity index (χ0) is 17.4. The van der Waals surface area contributed by atoms with Crippen molar-refractivity contribution in [2.24, 2.45) is 0 Å². The van der Waals surface area contributed by atoms with Crippen molar-refractivity contribution in [3.63, 3.8) is 0 Å². The predicted molar refractivity (Wildman–Crippen MR) is 98.9 cm³/mol. The van der Waals surface area contributed by atoms with E-state index in [-0.39, 0.29) is 6.09 Å². The van der Waals surface area contributed by atoms with Gasteiger partial charge in [0.05, 0.1) is 0 Å². The Hall–Kier alpha value is -2.55. The number of carbonyl (C=O) groups is 1. The smallest absolute Gasteiger partial charge is 0.407 e. The second-order valence-corrected chi connectivity index (χ2v) is 5.97. The number of alkyl carbamates (subject to hydrolysis) is 1. The molecule has 1 amide bonds. The summed E-state index contributed by atoms with van der Waals surface area (Å²) in [5.74, 6) is 0. The Morgan fingerprint density at radius 3 is 2.50 bits per heavy atom. The maximum Gasteiger partial charge on any atom is 0.407 e. The van der Waals surface area contributed by atoms with Crippen molar-refractivity contribution in [2.45, 2.75) is 33.8 Å². The average Bonchev–Trinajstić information content (AvgIpc) is 2.58. The number of hydrogen-bond donors (Lipinski definition) is 1. The van der Waals surface area contributed by atoms with E-state index in [1.54, 1.807) is 0 Å². The van der Waals surface area contributed by atoms with Crippen LogP contribution in [-0.2, 0) is 11.3 Å². The van der Waals surface area contributed by atoms with Gasteiger partial charge in [-0.1, -0.05) is 54.6 Å². The van der Waals surface area contributed by atoms with Crippen LogP contribution in [0.4, 0.5) is 4.79 Å². The Bertz CT molecular complexity index is 705. The van der Waals surface area contributed by atoms with Crippen molar-refractivity contribution < 1.29 is 9.53 Å². The van der Waals surface area contributed by atoms with Crippen LogP contribution in [0.5, 0.6) is 0 Å². The highest BCUT2D eigenvalue weighted by Gasteiger charge is 2.01. The fourth-order valence-electron chi connectivity index (χ4n) is 2.40. The van der Waals surface area contributed by atoms with E-state index < -0.39 is 0 Å². The van der Waals surface area contributed by atoms with Crippen LogP contribution >= 0.6 is 0 Å². The first kappa shape index (κ1) is 17.8. The first-order valence-electron chi connectivity index (χ1n) is 8.25. The number of carbonyl (C=O) groups excluding carboxylic acids is 1. The molecule has 0 fully saturated rings. The van der Waals surface area contributed by atoms with Gasteiger partial charge < -0.3 is 10.1 Å². The lowest BCUT2D eigenvalue weighted by Crippen LogP contribution is -2.24. The third-order valence-corrected chi connectivity index (χ3v) is 3.97. The van der Waals surface area contributed by atoms with Crippen LogP contribution < -0.4 is 5.32 Å². The Balaban J connectivity index is 1.70. The van der Waals surface area contributed by atoms with Gasteiger partial charge in [0.1, 0.15) is 6.61 Å². The lowest BCUT2D eigenvalue weighted by molar-refractivity contribution is 0.140. The monoisotopic (exact) mass is 323 g/mol. The van der Waals surface area contributed by atoms with Crippen LogP contribution in [0.1, 0.15) is 34.2 Å². The molecule has 3 nitrogen and oxygen atoms in total. The van der Waals surface area contributed by atoms with Crippen LogP contribution in [0.25, 0.3) is 6.08 Å². The summed E-state index contributed by atoms with van der Waals surface area (Å²) in [6.07, 6.45) is 4.58. The van der Waals surface area contributed by atoms with Crippen molar-refractivity contribution in [3.05, 3.63) is 76.4 Å². The van der Waals surface area contributed by atoms with Crippen LogP contribution in [0.15, 0.2) is 48.5 Å². The third kappa shape index (κ3) is 5.58. The van der Waals surface area contributed by atoms with E-state index in [0.717, 1.165) is 12.0 Å². The standard InChI is InChI=1S/C21H25NO2/c1-16-13-18(3)20(14-17(16)2)11-7-8-12-22-21(23)24-15-19-9-5-4-6-10-19/h4-7,9-11,13-14H,8,12,15H2,1-3H3,(H,22,23). The summed E-state index contributed by atoms with van der Waals surface area (Å²) in [6, 6.07) is 14.1. The lowest BCUT2D eigenvalue weighted by atomic mass is 10.0. The van der Waals surface area contributed by atoms with E-state index in [0.29, 0.717) is 13.2 Å². The summed E-state index contributed by atoms with van der Waals surface area (Å²) in [5.41, 5.74) is 6.09. The molecule has 126 valence electrons. The summed E-state index contributed by atoms with van der Waals surface area (Å²) < 4.78 is 5.17. The highest BCUT2D eigenvalue weighted by molar-refractivity contribution is 5.67. The quantitative estimate of drug-likeness (QED) is 0.765. The van der Waals surface area contributed by atoms with Gasteiger partial charge in [-0.2, -0.15) is 0 Å². The Morgan fingerprint density at radius 2 is 1.75 bits per heavy atom. The summed E-state index contributed by atoms with van der Waals surface area (Å²) in [4.78, 5) is 11.6. The number of rotatable bonds is 6. The summed E-state index contributed by atoms with van der Waals surface area (Å²) in [5, 5.41) is 2.76. The summed E-state index contributed by atoms with van der Waals surface area (Å²) in [7, 11) is 0. The van der Waals surface area contributed by atoms with Gasteiger partial charge in [-0.05, 0) is 55.0 Å². The van der Waals surface area contributed by atoms with E-state index in [4.69, 9.17) is 4.74 Å². The molecule has 0 aliphatic heterocycles. The van der Waals surface area contributed by atoms with Crippen molar-refractivity contribution >= 4 is 12.2 Å². The molecule has 0 heterocycles. The topological polar surface area (TPSA) is 38.3 Å². The number of aryl methyl sites for hydroxylation is 3. The molecule has 0 aromatic heterocycles. The van der Waals surface area contributed by atoms with Gasteiger partial charge in [0.15, 0.2) is 0 Å². The molecule has 0 unspecified atom stereocenters. The first-order valence-corrected chi connectivity index (χ1v) is 8.25. The minimum Gasteiger partial charge on any atom is -0.445 e. The first-order chi connectivity index (χ1) is 11.6. The molecule has 1 N–H and O–H groups in total. The molecule has 0 saturated heterocycles. The molecule has 2 aromatic rings. The van der Waals surface area contributed by atoms with Gasteiger partial charge in [0, 0.05) is 6.54 Å². The maximum absolute atomic E-state index is 11.6. The van der Waals surface area contributed by atoms with Gasteiger partial charge in [-0.15, -0.1) is 0 Å². The highest BCUT2D eigenvalue weighted by atomic mass is 16.5. The third-order valence-electron chi connectivity index (χ3n) is 3.97. The highest BCUT2D eigenvalue weighted by Crippen LogP contribution is 2.16. The van der Waals surface area contributed by atoms with Gasteiger partial charge in [-0.3, -0.25) is 0 Å². The van der Waals surface area contributed by atoms with Gasteiger partial charge in [0.25, 0.3) is 0 Å². The lowest BCUT2D eigenvalue weighted by Gasteiger charge is -2.07. The fourth-order valence-corrected chi connectivity index (χ4v) is 2.40. The molecule has 0 aliphatic rings. The van der Waals surface area contributed by atoms with E-state index in [1.807, 2.05) is 30.3 Å². The normalized spacial score (nSPS) is 10.8. The number of amides is 1. The van der Waals surface area contributed by atoms with E-state index >= 15 is 0 Å². The second kappa shape index (κ2) is 8.92. The number of hydrogen-bond acceptors (Lipinski definition) is 2. The molecule has 2 rings (SSSR count). The van der Waals surface area contributed by atoms with Gasteiger partial charge >= 0.3 is 6.09 Å². The van der Waals surface area contributed by atoms with Crippen molar-refractivity contribution in [1.29, 1.82) is 0 Å². The molecule has 0 saturated carbocycles. The second-order valence-electron chi connectivity index (χ2n) is 5.97. The van der Waals surface area contributed by atoms with E-state index in [1.165, 1.54) is 22.3 Å². The molecule has 0 spiro atoms. The average molecular weight is 323 g/mol. The zero-order valence-corrected chi connectivity index (χ0v) is 14.6. The number of ether oxygens (including phenoxy) is 1. The zero-order valence-electron chi connectivity index (χ0n) is 14.6. The molecule has 0 aliphatic carbocycles. The van der Waals surface area contributed by atoms with E-state index in [2.05, 4.69) is 50.4 Å². The Morgan fingerprint density at radius 1 is 1.04 bits per heavy atom. The Kier molecular flexibility index (Phi) is 6.62. The van der Waals surface area contributed by atoms with Gasteiger partial charge in [-0.25, -0.2) is 4.79 Å². The fraction of sp³-hybridized carbons (Fsp3) is 0.286. The predicted octanol–water partition coefficient (Wildman–Crippen LogP) is 4.94. The van der Waals surface area contributed by atoms with Crippen molar-refractivity contribution in [3.8, 4) is 0 Å². The maximum atomic E-state index is 11.6. The molecular formula is C21H25NO2. The minimum absolute atomic E-state index is 0.296. The van der Waals surface area contributed by atoms with Gasteiger partial charge in [0.2, 0.25) is 0 Å². The largest absolute Gasteiger partial charge is 0.445 e. The van der Waals surface area contributed by atoms with Crippen LogP contribution in [0, 0.1) is 20.8 Å². The van der Waals surface area contributed by atoms with Crippen molar-refractivity contribution in [2.75, 3.05) is 6.54 Å². The Labute approximate surface area is 144 Å². The SMILES string of the molecule is Cc1cc(C)c(C=CCCNC(=O)OCc2ccccc2)cc1C. The molecule has 0 radical (unpaired) electrons. The summed E-state index contributed by atoms with van der Waals surface area (Å²) in [6.45, 7) is 7.22. The van der Waals surface area contributed by atoms with Crippen LogP contribution in [0.3, 0.4) is 0 Å². The molecule has 0 atom stereocenters. The number of benzene rings is 2. The minimum atomic E-state index is -0.380. The summed E-state index contributed by atoms with van der Waals surface area (Å²) >= 11 is 0. The van der Waals surface area contributed by atoms with Crippen LogP contribution in [0.2, 0.25) is 0 Å². The molecule has 2 aromatic carbocycles.